The Labute approximate surface area is 119 Å². The second-order valence-electron chi connectivity index (χ2n) is 4.99. The number of sulfone groups is 1. The molecule has 0 saturated carbocycles. The SMILES string of the molecule is Cc1cccc(C(N)=S)c1N1CCS(=O)(=O)CC1C. The van der Waals surface area contributed by atoms with Gasteiger partial charge in [-0.1, -0.05) is 24.4 Å². The summed E-state index contributed by atoms with van der Waals surface area (Å²) in [7, 11) is -2.92. The molecule has 1 unspecified atom stereocenters. The number of para-hydroxylation sites is 1. The number of thiocarbonyl (C=S) groups is 1. The van der Waals surface area contributed by atoms with Crippen LogP contribution in [0.5, 0.6) is 0 Å². The molecule has 0 aromatic heterocycles. The van der Waals surface area contributed by atoms with Crippen molar-refractivity contribution in [2.45, 2.75) is 19.9 Å². The van der Waals surface area contributed by atoms with Gasteiger partial charge in [0.05, 0.1) is 17.2 Å². The highest BCUT2D eigenvalue weighted by Gasteiger charge is 2.30. The summed E-state index contributed by atoms with van der Waals surface area (Å²) in [6.45, 7) is 4.41. The molecule has 0 spiro atoms. The lowest BCUT2D eigenvalue weighted by Gasteiger charge is -2.37. The maximum atomic E-state index is 11.7. The van der Waals surface area contributed by atoms with E-state index < -0.39 is 9.84 Å². The quantitative estimate of drug-likeness (QED) is 0.833. The van der Waals surface area contributed by atoms with E-state index in [0.29, 0.717) is 11.5 Å². The molecule has 0 radical (unpaired) electrons. The Balaban J connectivity index is 2.45. The first kappa shape index (κ1) is 14.3. The Morgan fingerprint density at radius 2 is 2.16 bits per heavy atom. The van der Waals surface area contributed by atoms with Gasteiger partial charge in [0.2, 0.25) is 0 Å². The number of nitrogens with two attached hydrogens (primary N) is 1. The van der Waals surface area contributed by atoms with Crippen molar-refractivity contribution < 1.29 is 8.42 Å². The molecule has 1 aromatic carbocycles. The van der Waals surface area contributed by atoms with Crippen molar-refractivity contribution in [1.82, 2.24) is 0 Å². The average Bonchev–Trinajstić information content (AvgIpc) is 2.28. The standard InChI is InChI=1S/C13H18N2O2S2/c1-9-4-3-5-11(13(14)18)12(9)15-6-7-19(16,17)8-10(15)2/h3-5,10H,6-8H2,1-2H3,(H2,14,18). The molecule has 19 heavy (non-hydrogen) atoms. The van der Waals surface area contributed by atoms with Crippen LogP contribution in [-0.2, 0) is 9.84 Å². The predicted octanol–water partition coefficient (Wildman–Crippen LogP) is 1.25. The summed E-state index contributed by atoms with van der Waals surface area (Å²) >= 11 is 5.10. The molecular weight excluding hydrogens is 280 g/mol. The van der Waals surface area contributed by atoms with Crippen LogP contribution in [0.25, 0.3) is 0 Å². The molecular formula is C13H18N2O2S2. The minimum Gasteiger partial charge on any atom is -0.389 e. The number of hydrogen-bond donors (Lipinski definition) is 1. The molecule has 1 aromatic rings. The summed E-state index contributed by atoms with van der Waals surface area (Å²) in [4.78, 5) is 2.45. The number of hydrogen-bond acceptors (Lipinski definition) is 4. The maximum absolute atomic E-state index is 11.7. The van der Waals surface area contributed by atoms with Crippen LogP contribution in [0.1, 0.15) is 18.1 Å². The van der Waals surface area contributed by atoms with Crippen LogP contribution in [0.3, 0.4) is 0 Å². The van der Waals surface area contributed by atoms with Gasteiger partial charge in [-0.2, -0.15) is 0 Å². The molecule has 1 aliphatic rings. The van der Waals surface area contributed by atoms with Gasteiger partial charge in [0.1, 0.15) is 4.99 Å². The summed E-state index contributed by atoms with van der Waals surface area (Å²) < 4.78 is 23.3. The molecule has 1 saturated heterocycles. The highest BCUT2D eigenvalue weighted by molar-refractivity contribution is 7.91. The zero-order chi connectivity index (χ0) is 14.2. The van der Waals surface area contributed by atoms with E-state index in [1.165, 1.54) is 0 Å². The number of anilines is 1. The Hall–Kier alpha value is -1.14. The monoisotopic (exact) mass is 298 g/mol. The first-order chi connectivity index (χ1) is 8.82. The van der Waals surface area contributed by atoms with E-state index >= 15 is 0 Å². The summed E-state index contributed by atoms with van der Waals surface area (Å²) in [6.07, 6.45) is 0. The lowest BCUT2D eigenvalue weighted by atomic mass is 10.1. The van der Waals surface area contributed by atoms with E-state index in [4.69, 9.17) is 18.0 Å². The fourth-order valence-electron chi connectivity index (χ4n) is 2.57. The van der Waals surface area contributed by atoms with Crippen molar-refractivity contribution in [3.63, 3.8) is 0 Å². The van der Waals surface area contributed by atoms with Gasteiger partial charge in [-0.15, -0.1) is 0 Å². The third-order valence-electron chi connectivity index (χ3n) is 3.46. The molecule has 2 N–H and O–H groups in total. The first-order valence-electron chi connectivity index (χ1n) is 6.18. The van der Waals surface area contributed by atoms with Crippen molar-refractivity contribution in [3.05, 3.63) is 29.3 Å². The highest BCUT2D eigenvalue weighted by atomic mass is 32.2. The van der Waals surface area contributed by atoms with Gasteiger partial charge in [0.15, 0.2) is 9.84 Å². The van der Waals surface area contributed by atoms with E-state index in [0.717, 1.165) is 16.8 Å². The molecule has 1 aliphatic heterocycles. The minimum absolute atomic E-state index is 0.0621. The predicted molar refractivity (Wildman–Crippen MR) is 82.5 cm³/mol. The van der Waals surface area contributed by atoms with Crippen LogP contribution >= 0.6 is 12.2 Å². The van der Waals surface area contributed by atoms with Crippen molar-refractivity contribution in [3.8, 4) is 0 Å². The highest BCUT2D eigenvalue weighted by Crippen LogP contribution is 2.29. The largest absolute Gasteiger partial charge is 0.389 e. The van der Waals surface area contributed by atoms with Crippen LogP contribution in [0.2, 0.25) is 0 Å². The molecule has 1 heterocycles. The minimum atomic E-state index is -2.92. The van der Waals surface area contributed by atoms with Crippen molar-refractivity contribution in [2.75, 3.05) is 23.0 Å². The van der Waals surface area contributed by atoms with Gasteiger partial charge in [-0.3, -0.25) is 0 Å². The summed E-state index contributed by atoms with van der Waals surface area (Å²) in [6, 6.07) is 5.74. The molecule has 1 fully saturated rings. The zero-order valence-corrected chi connectivity index (χ0v) is 12.7. The van der Waals surface area contributed by atoms with E-state index in [-0.39, 0.29) is 17.5 Å². The lowest BCUT2D eigenvalue weighted by molar-refractivity contribution is 0.568. The molecule has 6 heteroatoms. The number of aryl methyl sites for hydroxylation is 1. The van der Waals surface area contributed by atoms with E-state index in [1.54, 1.807) is 0 Å². The van der Waals surface area contributed by atoms with Gasteiger partial charge in [0.25, 0.3) is 0 Å². The second-order valence-corrected chi connectivity index (χ2v) is 7.66. The molecule has 2 rings (SSSR count). The maximum Gasteiger partial charge on any atom is 0.154 e. The van der Waals surface area contributed by atoms with E-state index in [9.17, 15) is 8.42 Å². The molecule has 0 amide bonds. The van der Waals surface area contributed by atoms with Gasteiger partial charge in [-0.25, -0.2) is 8.42 Å². The second kappa shape index (κ2) is 5.09. The number of nitrogens with zero attached hydrogens (tertiary/aromatic N) is 1. The Morgan fingerprint density at radius 1 is 1.47 bits per heavy atom. The smallest absolute Gasteiger partial charge is 0.154 e. The van der Waals surface area contributed by atoms with Crippen LogP contribution in [-0.4, -0.2) is 37.5 Å². The first-order valence-corrected chi connectivity index (χ1v) is 8.41. The summed E-state index contributed by atoms with van der Waals surface area (Å²) in [5.74, 6) is 0.362. The summed E-state index contributed by atoms with van der Waals surface area (Å²) in [5.41, 5.74) is 8.63. The number of benzene rings is 1. The third-order valence-corrected chi connectivity index (χ3v) is 5.48. The van der Waals surface area contributed by atoms with Crippen LogP contribution in [0.15, 0.2) is 18.2 Å². The molecule has 1 atom stereocenters. The summed E-state index contributed by atoms with van der Waals surface area (Å²) in [5, 5.41) is 0. The topological polar surface area (TPSA) is 63.4 Å². The van der Waals surface area contributed by atoms with Gasteiger partial charge in [-0.05, 0) is 25.5 Å². The molecule has 0 aliphatic carbocycles. The van der Waals surface area contributed by atoms with Crippen molar-refractivity contribution in [2.24, 2.45) is 5.73 Å². The fraction of sp³-hybridized carbons (Fsp3) is 0.462. The Kier molecular flexibility index (Phi) is 3.82. The van der Waals surface area contributed by atoms with Crippen molar-refractivity contribution in [1.29, 1.82) is 0 Å². The molecule has 0 bridgehead atoms. The van der Waals surface area contributed by atoms with Gasteiger partial charge >= 0.3 is 0 Å². The van der Waals surface area contributed by atoms with Gasteiger partial charge in [0, 0.05) is 18.2 Å². The number of rotatable bonds is 2. The van der Waals surface area contributed by atoms with Crippen LogP contribution < -0.4 is 10.6 Å². The van der Waals surface area contributed by atoms with Crippen LogP contribution in [0, 0.1) is 6.92 Å². The lowest BCUT2D eigenvalue weighted by Crippen LogP contribution is -2.47. The Morgan fingerprint density at radius 3 is 2.74 bits per heavy atom. The van der Waals surface area contributed by atoms with Gasteiger partial charge < -0.3 is 10.6 Å². The molecule has 104 valence electrons. The fourth-order valence-corrected chi connectivity index (χ4v) is 4.29. The average molecular weight is 298 g/mol. The third kappa shape index (κ3) is 2.90. The normalized spacial score (nSPS) is 22.2. The zero-order valence-electron chi connectivity index (χ0n) is 11.1. The van der Waals surface area contributed by atoms with E-state index in [2.05, 4.69) is 4.90 Å². The molecule has 4 nitrogen and oxygen atoms in total. The van der Waals surface area contributed by atoms with Crippen molar-refractivity contribution >= 4 is 32.7 Å². The Bertz CT molecular complexity index is 611. The van der Waals surface area contributed by atoms with E-state index in [1.807, 2.05) is 32.0 Å². The van der Waals surface area contributed by atoms with Crippen LogP contribution in [0.4, 0.5) is 5.69 Å².